The van der Waals surface area contributed by atoms with Gasteiger partial charge in [0.1, 0.15) is 11.6 Å². The van der Waals surface area contributed by atoms with Crippen LogP contribution in [0, 0.1) is 0 Å². The summed E-state index contributed by atoms with van der Waals surface area (Å²) in [5.41, 5.74) is 1.02. The predicted molar refractivity (Wildman–Crippen MR) is 96.2 cm³/mol. The fraction of sp³-hybridized carbons (Fsp3) is 0.368. The summed E-state index contributed by atoms with van der Waals surface area (Å²) >= 11 is 0. The number of methoxy groups -OCH3 is 1. The van der Waals surface area contributed by atoms with Crippen molar-refractivity contribution in [2.75, 3.05) is 33.3 Å². The Balaban J connectivity index is 1.63. The quantitative estimate of drug-likeness (QED) is 0.834. The first-order chi connectivity index (χ1) is 12.6. The number of hydrogen-bond acceptors (Lipinski definition) is 5. The maximum absolute atomic E-state index is 12.7. The van der Waals surface area contributed by atoms with E-state index in [2.05, 4.69) is 9.97 Å². The van der Waals surface area contributed by atoms with Gasteiger partial charge in [0.15, 0.2) is 0 Å². The Kier molecular flexibility index (Phi) is 5.46. The monoisotopic (exact) mass is 354 g/mol. The van der Waals surface area contributed by atoms with Gasteiger partial charge >= 0.3 is 0 Å². The number of nitrogens with zero attached hydrogens (tertiary/aromatic N) is 4. The van der Waals surface area contributed by atoms with Crippen LogP contribution in [-0.4, -0.2) is 64.9 Å². The normalized spacial score (nSPS) is 14.2. The van der Waals surface area contributed by atoms with Gasteiger partial charge in [-0.15, -0.1) is 0 Å². The minimum atomic E-state index is -0.1000. The van der Waals surface area contributed by atoms with Gasteiger partial charge in [0, 0.05) is 45.0 Å². The summed E-state index contributed by atoms with van der Waals surface area (Å²) in [5, 5.41) is 0. The number of hydrogen-bond donors (Lipinski definition) is 0. The zero-order valence-corrected chi connectivity index (χ0v) is 15.0. The van der Waals surface area contributed by atoms with E-state index in [4.69, 9.17) is 4.74 Å². The molecule has 26 heavy (non-hydrogen) atoms. The average Bonchev–Trinajstić information content (AvgIpc) is 2.73. The summed E-state index contributed by atoms with van der Waals surface area (Å²) < 4.78 is 5.27. The number of benzene rings is 1. The minimum absolute atomic E-state index is 0.0785. The standard InChI is InChI=1S/C19H22N4O3/c1-3-17-20-12-14(13-21-17)18(24)22-8-10-23(11-9-22)19(25)15-6-4-5-7-16(15)26-2/h4-7,12-13H,3,8-11H2,1-2H3. The molecular weight excluding hydrogens is 332 g/mol. The van der Waals surface area contributed by atoms with Crippen LogP contribution < -0.4 is 4.74 Å². The van der Waals surface area contributed by atoms with Gasteiger partial charge in [-0.1, -0.05) is 19.1 Å². The smallest absolute Gasteiger partial charge is 0.257 e. The molecule has 3 rings (SSSR count). The molecule has 1 aliphatic heterocycles. The van der Waals surface area contributed by atoms with Crippen molar-refractivity contribution < 1.29 is 14.3 Å². The topological polar surface area (TPSA) is 75.6 Å². The molecule has 1 fully saturated rings. The molecule has 7 nitrogen and oxygen atoms in total. The van der Waals surface area contributed by atoms with Gasteiger partial charge in [-0.25, -0.2) is 9.97 Å². The van der Waals surface area contributed by atoms with E-state index in [1.165, 1.54) is 0 Å². The van der Waals surface area contributed by atoms with Crippen molar-refractivity contribution >= 4 is 11.8 Å². The molecule has 1 saturated heterocycles. The number of carbonyl (C=O) groups excluding carboxylic acids is 2. The molecule has 0 spiro atoms. The number of amides is 2. The predicted octanol–water partition coefficient (Wildman–Crippen LogP) is 1.65. The number of aromatic nitrogens is 2. The number of aryl methyl sites for hydroxylation is 1. The van der Waals surface area contributed by atoms with E-state index in [0.29, 0.717) is 48.9 Å². The van der Waals surface area contributed by atoms with Crippen LogP contribution in [0.1, 0.15) is 33.5 Å². The minimum Gasteiger partial charge on any atom is -0.496 e. The lowest BCUT2D eigenvalue weighted by atomic mass is 10.1. The van der Waals surface area contributed by atoms with Gasteiger partial charge in [0.05, 0.1) is 18.2 Å². The molecule has 0 radical (unpaired) electrons. The zero-order valence-electron chi connectivity index (χ0n) is 15.0. The van der Waals surface area contributed by atoms with Crippen LogP contribution in [0.3, 0.4) is 0 Å². The van der Waals surface area contributed by atoms with Crippen molar-refractivity contribution in [3.63, 3.8) is 0 Å². The first kappa shape index (κ1) is 17.8. The second-order valence-corrected chi connectivity index (χ2v) is 6.03. The van der Waals surface area contributed by atoms with E-state index in [1.54, 1.807) is 41.4 Å². The molecule has 7 heteroatoms. The number of carbonyl (C=O) groups is 2. The summed E-state index contributed by atoms with van der Waals surface area (Å²) in [6.45, 7) is 3.90. The molecule has 1 aliphatic rings. The van der Waals surface area contributed by atoms with E-state index in [9.17, 15) is 9.59 Å². The average molecular weight is 354 g/mol. The Labute approximate surface area is 152 Å². The lowest BCUT2D eigenvalue weighted by molar-refractivity contribution is 0.0533. The molecule has 0 atom stereocenters. The summed E-state index contributed by atoms with van der Waals surface area (Å²) in [6.07, 6.45) is 3.87. The van der Waals surface area contributed by atoms with Gasteiger partial charge in [0.25, 0.3) is 11.8 Å². The fourth-order valence-corrected chi connectivity index (χ4v) is 2.93. The highest BCUT2D eigenvalue weighted by Gasteiger charge is 2.27. The maximum atomic E-state index is 12.7. The van der Waals surface area contributed by atoms with Crippen LogP contribution in [0.2, 0.25) is 0 Å². The molecule has 0 aliphatic carbocycles. The summed E-state index contributed by atoms with van der Waals surface area (Å²) in [5.74, 6) is 1.10. The van der Waals surface area contributed by atoms with Crippen molar-refractivity contribution in [1.29, 1.82) is 0 Å². The molecule has 0 unspecified atom stereocenters. The first-order valence-electron chi connectivity index (χ1n) is 8.66. The molecule has 0 bridgehead atoms. The Morgan fingerprint density at radius 3 is 2.15 bits per heavy atom. The Bertz CT molecular complexity index is 784. The summed E-state index contributed by atoms with van der Waals surface area (Å²) in [7, 11) is 1.55. The Hall–Kier alpha value is -2.96. The van der Waals surface area contributed by atoms with Crippen LogP contribution in [0.5, 0.6) is 5.75 Å². The van der Waals surface area contributed by atoms with Gasteiger partial charge in [-0.2, -0.15) is 0 Å². The second kappa shape index (κ2) is 7.95. The maximum Gasteiger partial charge on any atom is 0.257 e. The molecule has 1 aromatic heterocycles. The highest BCUT2D eigenvalue weighted by Crippen LogP contribution is 2.20. The molecule has 2 amide bonds. The SMILES string of the molecule is CCc1ncc(C(=O)N2CCN(C(=O)c3ccccc3OC)CC2)cn1. The highest BCUT2D eigenvalue weighted by molar-refractivity contribution is 5.97. The Morgan fingerprint density at radius 1 is 1.00 bits per heavy atom. The summed E-state index contributed by atoms with van der Waals surface area (Å²) in [6, 6.07) is 7.17. The number of ether oxygens (including phenoxy) is 1. The van der Waals surface area contributed by atoms with E-state index in [1.807, 2.05) is 19.1 Å². The van der Waals surface area contributed by atoms with Gasteiger partial charge in [-0.05, 0) is 12.1 Å². The third-order valence-corrected chi connectivity index (χ3v) is 4.46. The largest absolute Gasteiger partial charge is 0.496 e. The molecule has 2 aromatic rings. The summed E-state index contributed by atoms with van der Waals surface area (Å²) in [4.78, 5) is 37.1. The molecule has 136 valence electrons. The molecule has 0 N–H and O–H groups in total. The van der Waals surface area contributed by atoms with Crippen LogP contribution in [0.4, 0.5) is 0 Å². The fourth-order valence-electron chi connectivity index (χ4n) is 2.93. The lowest BCUT2D eigenvalue weighted by Crippen LogP contribution is -2.50. The van der Waals surface area contributed by atoms with Crippen LogP contribution in [-0.2, 0) is 6.42 Å². The van der Waals surface area contributed by atoms with E-state index < -0.39 is 0 Å². The zero-order chi connectivity index (χ0) is 18.5. The second-order valence-electron chi connectivity index (χ2n) is 6.03. The third kappa shape index (κ3) is 3.66. The molecule has 0 saturated carbocycles. The van der Waals surface area contributed by atoms with Crippen LogP contribution in [0.25, 0.3) is 0 Å². The molecular formula is C19H22N4O3. The highest BCUT2D eigenvalue weighted by atomic mass is 16.5. The van der Waals surface area contributed by atoms with E-state index in [-0.39, 0.29) is 11.8 Å². The lowest BCUT2D eigenvalue weighted by Gasteiger charge is -2.35. The van der Waals surface area contributed by atoms with E-state index in [0.717, 1.165) is 6.42 Å². The van der Waals surface area contributed by atoms with Crippen molar-refractivity contribution in [3.8, 4) is 5.75 Å². The Morgan fingerprint density at radius 2 is 1.58 bits per heavy atom. The van der Waals surface area contributed by atoms with Crippen molar-refractivity contribution in [2.24, 2.45) is 0 Å². The van der Waals surface area contributed by atoms with Crippen LogP contribution in [0.15, 0.2) is 36.7 Å². The third-order valence-electron chi connectivity index (χ3n) is 4.46. The van der Waals surface area contributed by atoms with Gasteiger partial charge < -0.3 is 14.5 Å². The molecule has 2 heterocycles. The van der Waals surface area contributed by atoms with Crippen molar-refractivity contribution in [3.05, 3.63) is 53.6 Å². The van der Waals surface area contributed by atoms with Crippen LogP contribution >= 0.6 is 0 Å². The van der Waals surface area contributed by atoms with Gasteiger partial charge in [-0.3, -0.25) is 9.59 Å². The van der Waals surface area contributed by atoms with Gasteiger partial charge in [0.2, 0.25) is 0 Å². The van der Waals surface area contributed by atoms with Crippen molar-refractivity contribution in [2.45, 2.75) is 13.3 Å². The number of piperazine rings is 1. The van der Waals surface area contributed by atoms with E-state index >= 15 is 0 Å². The van der Waals surface area contributed by atoms with Crippen molar-refractivity contribution in [1.82, 2.24) is 19.8 Å². The first-order valence-corrected chi connectivity index (χ1v) is 8.66. The number of rotatable bonds is 4. The number of para-hydroxylation sites is 1. The molecule has 1 aromatic carbocycles.